The Morgan fingerprint density at radius 2 is 1.75 bits per heavy atom. The zero-order valence-corrected chi connectivity index (χ0v) is 12.0. The molecule has 106 valence electrons. The van der Waals surface area contributed by atoms with Gasteiger partial charge in [-0.05, 0) is 43.9 Å². The molecule has 0 fully saturated rings. The SMILES string of the molecule is CN(C)CCN(Cc1ccc(F)cc1)c1ccccn1. The Kier molecular flexibility index (Phi) is 5.07. The van der Waals surface area contributed by atoms with Crippen LogP contribution < -0.4 is 4.90 Å². The van der Waals surface area contributed by atoms with Crippen LogP contribution in [0.3, 0.4) is 0 Å². The standard InChI is InChI=1S/C16H20FN3/c1-19(2)11-12-20(16-5-3-4-10-18-16)13-14-6-8-15(17)9-7-14/h3-10H,11-13H2,1-2H3. The molecular weight excluding hydrogens is 253 g/mol. The van der Waals surface area contributed by atoms with Crippen molar-refractivity contribution in [3.05, 3.63) is 60.0 Å². The smallest absolute Gasteiger partial charge is 0.128 e. The van der Waals surface area contributed by atoms with Crippen molar-refractivity contribution in [2.24, 2.45) is 0 Å². The highest BCUT2D eigenvalue weighted by Gasteiger charge is 2.08. The molecule has 0 bridgehead atoms. The molecule has 0 aliphatic carbocycles. The van der Waals surface area contributed by atoms with E-state index in [1.165, 1.54) is 12.1 Å². The maximum absolute atomic E-state index is 13.0. The van der Waals surface area contributed by atoms with Gasteiger partial charge in [0.2, 0.25) is 0 Å². The van der Waals surface area contributed by atoms with Crippen LogP contribution in [0, 0.1) is 5.82 Å². The molecule has 0 N–H and O–H groups in total. The van der Waals surface area contributed by atoms with Crippen LogP contribution in [0.25, 0.3) is 0 Å². The molecule has 0 unspecified atom stereocenters. The fraction of sp³-hybridized carbons (Fsp3) is 0.312. The summed E-state index contributed by atoms with van der Waals surface area (Å²) in [6.07, 6.45) is 1.79. The van der Waals surface area contributed by atoms with Gasteiger partial charge in [-0.2, -0.15) is 0 Å². The van der Waals surface area contributed by atoms with Gasteiger partial charge in [0.25, 0.3) is 0 Å². The third-order valence-corrected chi connectivity index (χ3v) is 3.08. The molecule has 0 saturated heterocycles. The van der Waals surface area contributed by atoms with Gasteiger partial charge in [0.15, 0.2) is 0 Å². The molecule has 0 amide bonds. The monoisotopic (exact) mass is 273 g/mol. The Morgan fingerprint density at radius 3 is 2.35 bits per heavy atom. The van der Waals surface area contributed by atoms with Gasteiger partial charge in [-0.3, -0.25) is 0 Å². The fourth-order valence-corrected chi connectivity index (χ4v) is 1.95. The molecule has 2 rings (SSSR count). The zero-order chi connectivity index (χ0) is 14.4. The van der Waals surface area contributed by atoms with E-state index in [0.717, 1.165) is 31.0 Å². The third-order valence-electron chi connectivity index (χ3n) is 3.08. The summed E-state index contributed by atoms with van der Waals surface area (Å²) in [5, 5.41) is 0. The summed E-state index contributed by atoms with van der Waals surface area (Å²) in [6.45, 7) is 2.55. The lowest BCUT2D eigenvalue weighted by molar-refractivity contribution is 0.412. The van der Waals surface area contributed by atoms with Crippen LogP contribution in [0.2, 0.25) is 0 Å². The molecule has 0 aliphatic rings. The third kappa shape index (κ3) is 4.31. The largest absolute Gasteiger partial charge is 0.351 e. The minimum atomic E-state index is -0.202. The first-order chi connectivity index (χ1) is 9.65. The molecule has 1 aromatic carbocycles. The van der Waals surface area contributed by atoms with Gasteiger partial charge in [-0.15, -0.1) is 0 Å². The first-order valence-corrected chi connectivity index (χ1v) is 6.70. The molecule has 0 aliphatic heterocycles. The maximum Gasteiger partial charge on any atom is 0.128 e. The number of pyridine rings is 1. The van der Waals surface area contributed by atoms with Crippen LogP contribution >= 0.6 is 0 Å². The molecule has 20 heavy (non-hydrogen) atoms. The zero-order valence-electron chi connectivity index (χ0n) is 12.0. The topological polar surface area (TPSA) is 19.4 Å². The Morgan fingerprint density at radius 1 is 1.00 bits per heavy atom. The molecule has 4 heteroatoms. The molecule has 0 spiro atoms. The van der Waals surface area contributed by atoms with E-state index in [1.54, 1.807) is 6.20 Å². The van der Waals surface area contributed by atoms with Crippen molar-refractivity contribution in [1.29, 1.82) is 0 Å². The molecular formula is C16H20FN3. The van der Waals surface area contributed by atoms with E-state index in [9.17, 15) is 4.39 Å². The summed E-state index contributed by atoms with van der Waals surface area (Å²) >= 11 is 0. The van der Waals surface area contributed by atoms with Crippen LogP contribution in [0.5, 0.6) is 0 Å². The van der Waals surface area contributed by atoms with E-state index < -0.39 is 0 Å². The summed E-state index contributed by atoms with van der Waals surface area (Å²) in [4.78, 5) is 8.75. The quantitative estimate of drug-likeness (QED) is 0.807. The number of nitrogens with zero attached hydrogens (tertiary/aromatic N) is 3. The fourth-order valence-electron chi connectivity index (χ4n) is 1.95. The van der Waals surface area contributed by atoms with Crippen molar-refractivity contribution >= 4 is 5.82 Å². The highest BCUT2D eigenvalue weighted by Crippen LogP contribution is 2.14. The Labute approximate surface area is 119 Å². The van der Waals surface area contributed by atoms with Gasteiger partial charge in [-0.25, -0.2) is 9.37 Å². The second-order valence-corrected chi connectivity index (χ2v) is 5.04. The normalized spacial score (nSPS) is 10.8. The number of halogens is 1. The van der Waals surface area contributed by atoms with Gasteiger partial charge in [0.05, 0.1) is 0 Å². The summed E-state index contributed by atoms with van der Waals surface area (Å²) in [5.74, 6) is 0.741. The molecule has 1 aromatic heterocycles. The van der Waals surface area contributed by atoms with Crippen LogP contribution in [0.4, 0.5) is 10.2 Å². The lowest BCUT2D eigenvalue weighted by Gasteiger charge is -2.25. The van der Waals surface area contributed by atoms with E-state index in [0.29, 0.717) is 0 Å². The van der Waals surface area contributed by atoms with Crippen LogP contribution in [0.15, 0.2) is 48.7 Å². The van der Waals surface area contributed by atoms with Crippen LogP contribution in [-0.2, 0) is 6.54 Å². The van der Waals surface area contributed by atoms with E-state index >= 15 is 0 Å². The van der Waals surface area contributed by atoms with E-state index in [-0.39, 0.29) is 5.82 Å². The lowest BCUT2D eigenvalue weighted by atomic mass is 10.2. The summed E-state index contributed by atoms with van der Waals surface area (Å²) in [7, 11) is 4.10. The van der Waals surface area contributed by atoms with Gasteiger partial charge < -0.3 is 9.80 Å². The van der Waals surface area contributed by atoms with Gasteiger partial charge >= 0.3 is 0 Å². The number of hydrogen-bond donors (Lipinski definition) is 0. The molecule has 0 atom stereocenters. The lowest BCUT2D eigenvalue weighted by Crippen LogP contribution is -2.31. The van der Waals surface area contributed by atoms with Crippen molar-refractivity contribution in [3.63, 3.8) is 0 Å². The maximum atomic E-state index is 13.0. The van der Waals surface area contributed by atoms with Crippen molar-refractivity contribution in [2.75, 3.05) is 32.1 Å². The summed E-state index contributed by atoms with van der Waals surface area (Å²) in [6, 6.07) is 12.5. The van der Waals surface area contributed by atoms with Crippen LogP contribution in [-0.4, -0.2) is 37.1 Å². The predicted octanol–water partition coefficient (Wildman–Crippen LogP) is 2.79. The Hall–Kier alpha value is -1.94. The van der Waals surface area contributed by atoms with Gasteiger partial charge in [0.1, 0.15) is 11.6 Å². The minimum Gasteiger partial charge on any atom is -0.351 e. The number of hydrogen-bond acceptors (Lipinski definition) is 3. The van der Waals surface area contributed by atoms with Crippen molar-refractivity contribution in [1.82, 2.24) is 9.88 Å². The number of aromatic nitrogens is 1. The van der Waals surface area contributed by atoms with Crippen molar-refractivity contribution in [2.45, 2.75) is 6.54 Å². The Balaban J connectivity index is 2.12. The second kappa shape index (κ2) is 7.01. The average Bonchev–Trinajstić information content (AvgIpc) is 2.46. The molecule has 0 radical (unpaired) electrons. The highest BCUT2D eigenvalue weighted by molar-refractivity contribution is 5.39. The van der Waals surface area contributed by atoms with Crippen molar-refractivity contribution < 1.29 is 4.39 Å². The van der Waals surface area contributed by atoms with E-state index in [1.807, 2.05) is 30.3 Å². The summed E-state index contributed by atoms with van der Waals surface area (Å²) < 4.78 is 13.0. The molecule has 0 saturated carbocycles. The number of benzene rings is 1. The Bertz CT molecular complexity index is 511. The molecule has 2 aromatic rings. The van der Waals surface area contributed by atoms with E-state index in [4.69, 9.17) is 0 Å². The molecule has 1 heterocycles. The van der Waals surface area contributed by atoms with Crippen LogP contribution in [0.1, 0.15) is 5.56 Å². The number of likely N-dealkylation sites (N-methyl/N-ethyl adjacent to an activating group) is 1. The number of anilines is 1. The van der Waals surface area contributed by atoms with Gasteiger partial charge in [-0.1, -0.05) is 18.2 Å². The first kappa shape index (κ1) is 14.5. The first-order valence-electron chi connectivity index (χ1n) is 6.70. The number of rotatable bonds is 6. The molecule has 3 nitrogen and oxygen atoms in total. The van der Waals surface area contributed by atoms with E-state index in [2.05, 4.69) is 28.9 Å². The van der Waals surface area contributed by atoms with Crippen molar-refractivity contribution in [3.8, 4) is 0 Å². The van der Waals surface area contributed by atoms with Gasteiger partial charge in [0, 0.05) is 25.8 Å². The minimum absolute atomic E-state index is 0.202. The average molecular weight is 273 g/mol. The second-order valence-electron chi connectivity index (χ2n) is 5.04. The highest BCUT2D eigenvalue weighted by atomic mass is 19.1. The predicted molar refractivity (Wildman–Crippen MR) is 80.2 cm³/mol. The summed E-state index contributed by atoms with van der Waals surface area (Å²) in [5.41, 5.74) is 1.08.